The Morgan fingerprint density at radius 3 is 2.38 bits per heavy atom. The second-order valence-electron chi connectivity index (χ2n) is 5.13. The average molecular weight is 295 g/mol. The van der Waals surface area contributed by atoms with E-state index in [0.29, 0.717) is 33.0 Å². The van der Waals surface area contributed by atoms with Crippen LogP contribution in [0.2, 0.25) is 0 Å². The van der Waals surface area contributed by atoms with Crippen molar-refractivity contribution in [3.63, 3.8) is 0 Å². The Morgan fingerprint density at radius 1 is 1.00 bits per heavy atom. The summed E-state index contributed by atoms with van der Waals surface area (Å²) in [5.41, 5.74) is 8.62. The van der Waals surface area contributed by atoms with Crippen molar-refractivity contribution in [2.24, 2.45) is 5.73 Å². The molecule has 4 heteroatoms. The van der Waals surface area contributed by atoms with Gasteiger partial charge in [0, 0.05) is 20.3 Å². The first-order valence-corrected chi connectivity index (χ1v) is 7.76. The first-order valence-electron chi connectivity index (χ1n) is 7.76. The van der Waals surface area contributed by atoms with Gasteiger partial charge in [0.2, 0.25) is 0 Å². The van der Waals surface area contributed by atoms with Crippen LogP contribution in [0, 0.1) is 0 Å². The zero-order valence-corrected chi connectivity index (χ0v) is 13.3. The number of hydrogen-bond donors (Lipinski definition) is 1. The fourth-order valence-corrected chi connectivity index (χ4v) is 2.03. The number of nitrogens with two attached hydrogens (primary N) is 1. The lowest BCUT2D eigenvalue weighted by atomic mass is 10.0. The van der Waals surface area contributed by atoms with Crippen LogP contribution in [-0.2, 0) is 20.6 Å². The molecule has 0 aliphatic carbocycles. The van der Waals surface area contributed by atoms with Crippen molar-refractivity contribution < 1.29 is 14.2 Å². The largest absolute Gasteiger partial charge is 0.382 e. The zero-order valence-electron chi connectivity index (χ0n) is 13.3. The van der Waals surface area contributed by atoms with Crippen LogP contribution in [0.25, 0.3) is 0 Å². The Balaban J connectivity index is 2.11. The number of hydrogen-bond acceptors (Lipinski definition) is 4. The molecule has 1 rings (SSSR count). The molecule has 21 heavy (non-hydrogen) atoms. The van der Waals surface area contributed by atoms with E-state index in [1.165, 1.54) is 12.0 Å². The summed E-state index contributed by atoms with van der Waals surface area (Å²) in [5.74, 6) is 0. The van der Waals surface area contributed by atoms with Crippen molar-refractivity contribution >= 4 is 0 Å². The summed E-state index contributed by atoms with van der Waals surface area (Å²) in [5, 5.41) is 0. The summed E-state index contributed by atoms with van der Waals surface area (Å²) < 4.78 is 15.9. The van der Waals surface area contributed by atoms with E-state index in [9.17, 15) is 0 Å². The molecule has 2 N–H and O–H groups in total. The van der Waals surface area contributed by atoms with Crippen molar-refractivity contribution in [3.8, 4) is 0 Å². The van der Waals surface area contributed by atoms with E-state index in [1.807, 2.05) is 0 Å². The van der Waals surface area contributed by atoms with Gasteiger partial charge in [0.25, 0.3) is 0 Å². The van der Waals surface area contributed by atoms with E-state index in [0.717, 1.165) is 18.4 Å². The van der Waals surface area contributed by atoms with Crippen molar-refractivity contribution in [1.29, 1.82) is 0 Å². The molecule has 1 aromatic carbocycles. The van der Waals surface area contributed by atoms with Gasteiger partial charge in [-0.25, -0.2) is 0 Å². The summed E-state index contributed by atoms with van der Waals surface area (Å²) in [6.07, 6.45) is 3.17. The minimum absolute atomic E-state index is 0.0601. The predicted molar refractivity (Wildman–Crippen MR) is 85.5 cm³/mol. The quantitative estimate of drug-likeness (QED) is 0.602. The van der Waals surface area contributed by atoms with Crippen molar-refractivity contribution in [3.05, 3.63) is 35.4 Å². The average Bonchev–Trinajstić information content (AvgIpc) is 2.51. The van der Waals surface area contributed by atoms with Gasteiger partial charge < -0.3 is 19.9 Å². The van der Waals surface area contributed by atoms with Gasteiger partial charge in [-0.3, -0.25) is 0 Å². The van der Waals surface area contributed by atoms with Crippen LogP contribution in [0.15, 0.2) is 24.3 Å². The Kier molecular flexibility index (Phi) is 10.1. The summed E-state index contributed by atoms with van der Waals surface area (Å²) in [6.45, 7) is 5.39. The molecule has 0 aromatic heterocycles. The molecule has 0 radical (unpaired) electrons. The van der Waals surface area contributed by atoms with Gasteiger partial charge in [0.15, 0.2) is 0 Å². The molecule has 0 saturated heterocycles. The molecule has 0 spiro atoms. The smallest absolute Gasteiger partial charge is 0.0700 e. The highest BCUT2D eigenvalue weighted by Crippen LogP contribution is 2.13. The van der Waals surface area contributed by atoms with Crippen LogP contribution in [0.4, 0.5) is 0 Å². The van der Waals surface area contributed by atoms with Crippen LogP contribution >= 0.6 is 0 Å². The van der Waals surface area contributed by atoms with E-state index < -0.39 is 0 Å². The molecule has 1 atom stereocenters. The third-order valence-corrected chi connectivity index (χ3v) is 3.25. The molecule has 1 unspecified atom stereocenters. The lowest BCUT2D eigenvalue weighted by Gasteiger charge is -2.13. The molecule has 0 heterocycles. The lowest BCUT2D eigenvalue weighted by molar-refractivity contribution is 0.0492. The second kappa shape index (κ2) is 11.7. The van der Waals surface area contributed by atoms with Gasteiger partial charge in [-0.05, 0) is 24.0 Å². The summed E-state index contributed by atoms with van der Waals surface area (Å²) in [7, 11) is 1.67. The Labute approximate surface area is 128 Å². The van der Waals surface area contributed by atoms with Gasteiger partial charge in [-0.2, -0.15) is 0 Å². The molecule has 0 fully saturated rings. The Bertz CT molecular complexity index is 354. The zero-order chi connectivity index (χ0) is 15.3. The number of benzene rings is 1. The van der Waals surface area contributed by atoms with Gasteiger partial charge in [-0.15, -0.1) is 0 Å². The lowest BCUT2D eigenvalue weighted by Crippen LogP contribution is -2.18. The SMILES string of the molecule is CCCc1ccc(C(N)COCCCOCCOC)cc1. The van der Waals surface area contributed by atoms with E-state index in [1.54, 1.807) is 7.11 Å². The van der Waals surface area contributed by atoms with E-state index in [2.05, 4.69) is 31.2 Å². The van der Waals surface area contributed by atoms with E-state index >= 15 is 0 Å². The first-order chi connectivity index (χ1) is 10.3. The fourth-order valence-electron chi connectivity index (χ4n) is 2.03. The summed E-state index contributed by atoms with van der Waals surface area (Å²) in [6, 6.07) is 8.46. The number of ether oxygens (including phenoxy) is 3. The standard InChI is InChI=1S/C17H29NO3/c1-3-5-15-6-8-16(9-7-15)17(18)14-21-11-4-10-20-13-12-19-2/h6-9,17H,3-5,10-14,18H2,1-2H3. The normalized spacial score (nSPS) is 12.5. The molecule has 1 aromatic rings. The van der Waals surface area contributed by atoms with Gasteiger partial charge >= 0.3 is 0 Å². The molecule has 0 aliphatic heterocycles. The monoisotopic (exact) mass is 295 g/mol. The van der Waals surface area contributed by atoms with Crippen LogP contribution in [-0.4, -0.2) is 40.1 Å². The number of methoxy groups -OCH3 is 1. The first kappa shape index (κ1) is 18.1. The maximum atomic E-state index is 6.13. The highest BCUT2D eigenvalue weighted by Gasteiger charge is 2.05. The summed E-state index contributed by atoms with van der Waals surface area (Å²) in [4.78, 5) is 0. The van der Waals surface area contributed by atoms with Crippen LogP contribution in [0.5, 0.6) is 0 Å². The van der Waals surface area contributed by atoms with Crippen LogP contribution < -0.4 is 5.73 Å². The molecule has 0 bridgehead atoms. The number of rotatable bonds is 12. The third kappa shape index (κ3) is 8.17. The van der Waals surface area contributed by atoms with Crippen LogP contribution in [0.1, 0.15) is 36.9 Å². The highest BCUT2D eigenvalue weighted by atomic mass is 16.5. The van der Waals surface area contributed by atoms with Gasteiger partial charge in [-0.1, -0.05) is 37.6 Å². The maximum Gasteiger partial charge on any atom is 0.0700 e. The third-order valence-electron chi connectivity index (χ3n) is 3.25. The molecule has 120 valence electrons. The molecule has 0 aliphatic rings. The molecule has 0 saturated carbocycles. The van der Waals surface area contributed by atoms with Gasteiger partial charge in [0.1, 0.15) is 0 Å². The second-order valence-corrected chi connectivity index (χ2v) is 5.13. The van der Waals surface area contributed by atoms with E-state index in [4.69, 9.17) is 19.9 Å². The Morgan fingerprint density at radius 2 is 1.71 bits per heavy atom. The van der Waals surface area contributed by atoms with Crippen molar-refractivity contribution in [1.82, 2.24) is 0 Å². The molecule has 0 amide bonds. The van der Waals surface area contributed by atoms with E-state index in [-0.39, 0.29) is 6.04 Å². The maximum absolute atomic E-state index is 6.13. The molecular formula is C17H29NO3. The topological polar surface area (TPSA) is 53.7 Å². The molecular weight excluding hydrogens is 266 g/mol. The molecule has 4 nitrogen and oxygen atoms in total. The van der Waals surface area contributed by atoms with Gasteiger partial charge in [0.05, 0.1) is 25.9 Å². The summed E-state index contributed by atoms with van der Waals surface area (Å²) >= 11 is 0. The Hall–Kier alpha value is -0.940. The van der Waals surface area contributed by atoms with Crippen molar-refractivity contribution in [2.45, 2.75) is 32.2 Å². The highest BCUT2D eigenvalue weighted by molar-refractivity contribution is 5.24. The predicted octanol–water partition coefficient (Wildman–Crippen LogP) is 2.71. The minimum Gasteiger partial charge on any atom is -0.382 e. The minimum atomic E-state index is -0.0601. The fraction of sp³-hybridized carbons (Fsp3) is 0.647. The van der Waals surface area contributed by atoms with Crippen molar-refractivity contribution in [2.75, 3.05) is 40.1 Å². The number of aryl methyl sites for hydroxylation is 1. The van der Waals surface area contributed by atoms with Crippen LogP contribution in [0.3, 0.4) is 0 Å².